The molecule has 4 atom stereocenters. The maximum Gasteiger partial charge on any atom is 0.410 e. The van der Waals surface area contributed by atoms with Crippen molar-refractivity contribution >= 4 is 12.2 Å². The minimum atomic E-state index is -2.87. The van der Waals surface area contributed by atoms with Crippen molar-refractivity contribution in [1.82, 2.24) is 9.80 Å². The summed E-state index contributed by atoms with van der Waals surface area (Å²) in [5, 5.41) is 0. The van der Waals surface area contributed by atoms with Gasteiger partial charge in [0.15, 0.2) is 0 Å². The molecule has 2 amide bonds. The van der Waals surface area contributed by atoms with Gasteiger partial charge >= 0.3 is 25.4 Å². The monoisotopic (exact) mass is 758 g/mol. The summed E-state index contributed by atoms with van der Waals surface area (Å²) in [6, 6.07) is 28.7. The Morgan fingerprint density at radius 1 is 0.556 bits per heavy atom. The predicted molar refractivity (Wildman–Crippen MR) is 185 cm³/mol. The lowest BCUT2D eigenvalue weighted by Crippen LogP contribution is -2.43. The molecule has 4 aromatic rings. The van der Waals surface area contributed by atoms with Crippen LogP contribution in [0.1, 0.15) is 60.0 Å². The van der Waals surface area contributed by atoms with Crippen LogP contribution in [0.15, 0.2) is 109 Å². The van der Waals surface area contributed by atoms with Crippen LogP contribution in [0.2, 0.25) is 0 Å². The number of piperidine rings is 2. The number of hydrogen-bond donors (Lipinski definition) is 0. The molecule has 2 aliphatic heterocycles. The van der Waals surface area contributed by atoms with Gasteiger partial charge in [-0.1, -0.05) is 84.9 Å². The standard InChI is InChI=1S/2C20H20F3NO3/c2*21-16-8-6-15(7-9-16)18-12-17(27-19(22)23)10-11-24(18)20(25)26-13-14-4-2-1-3-5-14/h2*1-9,17-19H,10-13H2/t2*17-,18?/m10/s1. The molecule has 0 N–H and O–H groups in total. The van der Waals surface area contributed by atoms with Gasteiger partial charge in [0.1, 0.15) is 24.8 Å². The molecule has 2 fully saturated rings. The summed E-state index contributed by atoms with van der Waals surface area (Å²) in [5.41, 5.74) is 2.99. The van der Waals surface area contributed by atoms with Gasteiger partial charge in [-0.2, -0.15) is 17.6 Å². The summed E-state index contributed by atoms with van der Waals surface area (Å²) in [4.78, 5) is 28.2. The first-order chi connectivity index (χ1) is 26.0. The molecule has 2 heterocycles. The van der Waals surface area contributed by atoms with Gasteiger partial charge in [0, 0.05) is 13.1 Å². The molecule has 6 rings (SSSR count). The fraction of sp³-hybridized carbons (Fsp3) is 0.350. The lowest BCUT2D eigenvalue weighted by molar-refractivity contribution is -0.176. The average Bonchev–Trinajstić information content (AvgIpc) is 3.17. The zero-order valence-corrected chi connectivity index (χ0v) is 29.1. The van der Waals surface area contributed by atoms with Crippen molar-refractivity contribution in [2.45, 2.75) is 76.4 Å². The number of amides is 2. The number of rotatable bonds is 10. The Labute approximate surface area is 309 Å². The molecular weight excluding hydrogens is 718 g/mol. The molecule has 2 aliphatic rings. The van der Waals surface area contributed by atoms with Crippen molar-refractivity contribution < 1.29 is 54.9 Å². The maximum absolute atomic E-state index is 13.2. The Morgan fingerprint density at radius 3 is 1.24 bits per heavy atom. The van der Waals surface area contributed by atoms with Crippen LogP contribution in [0.3, 0.4) is 0 Å². The van der Waals surface area contributed by atoms with Gasteiger partial charge in [-0.3, -0.25) is 0 Å². The third kappa shape index (κ3) is 12.0. The maximum atomic E-state index is 13.2. The summed E-state index contributed by atoms with van der Waals surface area (Å²) in [7, 11) is 0. The van der Waals surface area contributed by atoms with Crippen molar-refractivity contribution in [2.75, 3.05) is 13.1 Å². The normalized spacial score (nSPS) is 19.9. The largest absolute Gasteiger partial charge is 0.445 e. The molecule has 54 heavy (non-hydrogen) atoms. The number of benzene rings is 4. The SMILES string of the molecule is O=C(OCc1ccccc1)N1CC[C@@H](OC(F)F)CC1c1ccc(F)cc1.O=C(OCc1ccccc1)N1CC[C@H](OC(F)F)CC1c1ccc(F)cc1. The Hall–Kier alpha value is -5.08. The van der Waals surface area contributed by atoms with Crippen molar-refractivity contribution in [3.05, 3.63) is 143 Å². The molecule has 0 radical (unpaired) electrons. The van der Waals surface area contributed by atoms with Gasteiger partial charge in [-0.05, 0) is 72.2 Å². The molecule has 2 saturated heterocycles. The smallest absolute Gasteiger partial charge is 0.410 e. The molecule has 0 spiro atoms. The Balaban J connectivity index is 0.000000208. The highest BCUT2D eigenvalue weighted by molar-refractivity contribution is 5.69. The average molecular weight is 759 g/mol. The highest BCUT2D eigenvalue weighted by Crippen LogP contribution is 2.35. The molecule has 4 aromatic carbocycles. The Morgan fingerprint density at radius 2 is 0.907 bits per heavy atom. The highest BCUT2D eigenvalue weighted by atomic mass is 19.3. The minimum Gasteiger partial charge on any atom is -0.445 e. The number of ether oxygens (including phenoxy) is 4. The van der Waals surface area contributed by atoms with Crippen LogP contribution >= 0.6 is 0 Å². The first-order valence-corrected chi connectivity index (χ1v) is 17.4. The highest BCUT2D eigenvalue weighted by Gasteiger charge is 2.36. The molecule has 14 heteroatoms. The lowest BCUT2D eigenvalue weighted by Gasteiger charge is -2.38. The van der Waals surface area contributed by atoms with E-state index in [1.165, 1.54) is 34.1 Å². The number of carbonyl (C=O) groups excluding carboxylic acids is 2. The zero-order chi connectivity index (χ0) is 38.5. The van der Waals surface area contributed by atoms with Crippen LogP contribution in [-0.4, -0.2) is 60.5 Å². The van der Waals surface area contributed by atoms with Crippen LogP contribution in [-0.2, 0) is 32.2 Å². The third-order valence-electron chi connectivity index (χ3n) is 9.09. The van der Waals surface area contributed by atoms with E-state index >= 15 is 0 Å². The fourth-order valence-electron chi connectivity index (χ4n) is 6.45. The zero-order valence-electron chi connectivity index (χ0n) is 29.1. The van der Waals surface area contributed by atoms with Crippen LogP contribution in [0.4, 0.5) is 35.9 Å². The van der Waals surface area contributed by atoms with Crippen LogP contribution in [0.5, 0.6) is 0 Å². The molecule has 0 aliphatic carbocycles. The summed E-state index contributed by atoms with van der Waals surface area (Å²) in [6.45, 7) is -5.09. The van der Waals surface area contributed by atoms with Gasteiger partial charge in [0.25, 0.3) is 0 Å². The predicted octanol–water partition coefficient (Wildman–Crippen LogP) is 9.81. The summed E-state index contributed by atoms with van der Waals surface area (Å²) < 4.78 is 96.9. The van der Waals surface area contributed by atoms with E-state index in [1.807, 2.05) is 60.7 Å². The van der Waals surface area contributed by atoms with Gasteiger partial charge in [0.2, 0.25) is 0 Å². The summed E-state index contributed by atoms with van der Waals surface area (Å²) in [5.74, 6) is -0.818. The van der Waals surface area contributed by atoms with Crippen LogP contribution in [0.25, 0.3) is 0 Å². The quantitative estimate of drug-likeness (QED) is 0.150. The first-order valence-electron chi connectivity index (χ1n) is 17.4. The van der Waals surface area contributed by atoms with Crippen molar-refractivity contribution in [3.8, 4) is 0 Å². The van der Waals surface area contributed by atoms with Crippen molar-refractivity contribution in [1.29, 1.82) is 0 Å². The van der Waals surface area contributed by atoms with E-state index in [4.69, 9.17) is 9.47 Å². The topological polar surface area (TPSA) is 77.5 Å². The minimum absolute atomic E-state index is 0.114. The van der Waals surface area contributed by atoms with E-state index in [1.54, 1.807) is 24.3 Å². The van der Waals surface area contributed by atoms with Gasteiger partial charge in [-0.25, -0.2) is 18.4 Å². The van der Waals surface area contributed by atoms with Crippen LogP contribution in [0, 0.1) is 11.6 Å². The second kappa shape index (κ2) is 19.8. The second-order valence-electron chi connectivity index (χ2n) is 12.7. The van der Waals surface area contributed by atoms with Gasteiger partial charge in [-0.15, -0.1) is 0 Å². The fourth-order valence-corrected chi connectivity index (χ4v) is 6.45. The molecule has 0 bridgehead atoms. The van der Waals surface area contributed by atoms with Gasteiger partial charge < -0.3 is 28.7 Å². The summed E-state index contributed by atoms with van der Waals surface area (Å²) in [6.07, 6.45) is -1.50. The Kier molecular flexibility index (Phi) is 14.7. The molecule has 0 aromatic heterocycles. The first kappa shape index (κ1) is 40.1. The second-order valence-corrected chi connectivity index (χ2v) is 12.7. The van der Waals surface area contributed by atoms with E-state index in [9.17, 15) is 35.9 Å². The van der Waals surface area contributed by atoms with E-state index in [-0.39, 0.29) is 52.0 Å². The van der Waals surface area contributed by atoms with E-state index < -0.39 is 61.3 Å². The molecule has 288 valence electrons. The number of likely N-dealkylation sites (tertiary alicyclic amines) is 2. The van der Waals surface area contributed by atoms with E-state index in [0.29, 0.717) is 11.1 Å². The molecule has 0 saturated carbocycles. The number of hydrogen-bond acceptors (Lipinski definition) is 6. The van der Waals surface area contributed by atoms with Crippen LogP contribution < -0.4 is 0 Å². The van der Waals surface area contributed by atoms with E-state index in [2.05, 4.69) is 9.47 Å². The van der Waals surface area contributed by atoms with Gasteiger partial charge in [0.05, 0.1) is 24.3 Å². The van der Waals surface area contributed by atoms with Crippen molar-refractivity contribution in [3.63, 3.8) is 0 Å². The number of carbonyl (C=O) groups is 2. The number of nitrogens with zero attached hydrogens (tertiary/aromatic N) is 2. The number of halogens is 6. The van der Waals surface area contributed by atoms with Crippen molar-refractivity contribution in [2.24, 2.45) is 0 Å². The Bertz CT molecular complexity index is 1610. The third-order valence-corrected chi connectivity index (χ3v) is 9.09. The molecule has 8 nitrogen and oxygen atoms in total. The van der Waals surface area contributed by atoms with E-state index in [0.717, 1.165) is 11.1 Å². The lowest BCUT2D eigenvalue weighted by atomic mass is 9.93. The molecular formula is C40H40F6N2O6. The molecule has 2 unspecified atom stereocenters. The summed E-state index contributed by atoms with van der Waals surface area (Å²) >= 11 is 0. The number of alkyl halides is 4.